The van der Waals surface area contributed by atoms with E-state index in [0.717, 1.165) is 76.0 Å². The Morgan fingerprint density at radius 2 is 1.97 bits per heavy atom. The summed E-state index contributed by atoms with van der Waals surface area (Å²) in [5.41, 5.74) is 2.37. The first-order chi connectivity index (χ1) is 14.1. The maximum atomic E-state index is 5.57. The van der Waals surface area contributed by atoms with Gasteiger partial charge in [0.05, 0.1) is 17.6 Å². The molecule has 2 N–H and O–H groups in total. The number of aliphatic imine (C=N–C) groups is 1. The number of aromatic nitrogens is 2. The zero-order chi connectivity index (χ0) is 20.7. The van der Waals surface area contributed by atoms with Gasteiger partial charge in [-0.25, -0.2) is 4.98 Å². The molecule has 168 valence electrons. The van der Waals surface area contributed by atoms with Crippen molar-refractivity contribution in [1.82, 2.24) is 25.1 Å². The highest BCUT2D eigenvalue weighted by Gasteiger charge is 2.34. The van der Waals surface area contributed by atoms with E-state index in [9.17, 15) is 0 Å². The standard InChI is InChI=1S/C22H36N6O.HI/c1-5-23-21(25-17-22(27(3)4)11-15-29-16-12-22)24-13-8-14-28-18(2)26-19-9-6-7-10-20(19)28;/h6-7,9-10H,5,8,11-17H2,1-4H3,(H2,23,24,25);1H. The van der Waals surface area contributed by atoms with Gasteiger partial charge in [0, 0.05) is 38.4 Å². The number of rotatable bonds is 8. The molecule has 0 saturated carbocycles. The van der Waals surface area contributed by atoms with Crippen LogP contribution in [0.25, 0.3) is 11.0 Å². The number of likely N-dealkylation sites (N-methyl/N-ethyl adjacent to an activating group) is 1. The molecule has 2 aromatic rings. The van der Waals surface area contributed by atoms with Crippen molar-refractivity contribution in [3.8, 4) is 0 Å². The topological polar surface area (TPSA) is 66.7 Å². The second-order valence-corrected chi connectivity index (χ2v) is 8.01. The lowest BCUT2D eigenvalue weighted by Gasteiger charge is -2.41. The second kappa shape index (κ2) is 11.9. The molecule has 8 heteroatoms. The van der Waals surface area contributed by atoms with Gasteiger partial charge in [-0.1, -0.05) is 12.1 Å². The summed E-state index contributed by atoms with van der Waals surface area (Å²) in [6, 6.07) is 8.33. The van der Waals surface area contributed by atoms with E-state index in [0.29, 0.717) is 0 Å². The van der Waals surface area contributed by atoms with Crippen molar-refractivity contribution in [2.45, 2.75) is 45.2 Å². The van der Waals surface area contributed by atoms with E-state index in [2.05, 4.69) is 71.2 Å². The van der Waals surface area contributed by atoms with E-state index in [1.807, 2.05) is 6.07 Å². The molecule has 0 amide bonds. The van der Waals surface area contributed by atoms with Crippen LogP contribution in [0.1, 0.15) is 32.0 Å². The number of imidazole rings is 1. The summed E-state index contributed by atoms with van der Waals surface area (Å²) in [4.78, 5) is 11.9. The van der Waals surface area contributed by atoms with Gasteiger partial charge in [0.15, 0.2) is 5.96 Å². The Hall–Kier alpha value is -1.39. The number of hydrogen-bond acceptors (Lipinski definition) is 4. The Balaban J connectivity index is 0.00000320. The molecule has 0 unspecified atom stereocenters. The Morgan fingerprint density at radius 3 is 2.67 bits per heavy atom. The highest BCUT2D eigenvalue weighted by atomic mass is 127. The molecule has 2 heterocycles. The van der Waals surface area contributed by atoms with E-state index in [4.69, 9.17) is 9.73 Å². The normalized spacial score (nSPS) is 16.5. The molecule has 0 aliphatic carbocycles. The predicted molar refractivity (Wildman–Crippen MR) is 135 cm³/mol. The summed E-state index contributed by atoms with van der Waals surface area (Å²) in [7, 11) is 4.30. The van der Waals surface area contributed by atoms with Crippen LogP contribution in [0.3, 0.4) is 0 Å². The van der Waals surface area contributed by atoms with Crippen LogP contribution in [-0.2, 0) is 11.3 Å². The first-order valence-electron chi connectivity index (χ1n) is 10.7. The molecule has 0 bridgehead atoms. The van der Waals surface area contributed by atoms with Crippen molar-refractivity contribution in [3.05, 3.63) is 30.1 Å². The van der Waals surface area contributed by atoms with Crippen LogP contribution in [0.2, 0.25) is 0 Å². The molecule has 3 rings (SSSR count). The molecular weight excluding hydrogens is 491 g/mol. The largest absolute Gasteiger partial charge is 0.381 e. The first-order valence-corrected chi connectivity index (χ1v) is 10.7. The predicted octanol–water partition coefficient (Wildman–Crippen LogP) is 3.02. The summed E-state index contributed by atoms with van der Waals surface area (Å²) in [5, 5.41) is 6.88. The summed E-state index contributed by atoms with van der Waals surface area (Å²) < 4.78 is 7.87. The van der Waals surface area contributed by atoms with Crippen molar-refractivity contribution >= 4 is 41.0 Å². The lowest BCUT2D eigenvalue weighted by Crippen LogP contribution is -2.51. The minimum absolute atomic E-state index is 0. The van der Waals surface area contributed by atoms with Crippen molar-refractivity contribution in [1.29, 1.82) is 0 Å². The van der Waals surface area contributed by atoms with Gasteiger partial charge < -0.3 is 24.8 Å². The van der Waals surface area contributed by atoms with Crippen LogP contribution in [-0.4, -0.2) is 72.9 Å². The maximum absolute atomic E-state index is 5.57. The third kappa shape index (κ3) is 6.07. The average molecular weight is 528 g/mol. The third-order valence-electron chi connectivity index (χ3n) is 5.94. The highest BCUT2D eigenvalue weighted by molar-refractivity contribution is 14.0. The molecule has 0 radical (unpaired) electrons. The summed E-state index contributed by atoms with van der Waals surface area (Å²) in [6.45, 7) is 9.26. The van der Waals surface area contributed by atoms with Gasteiger partial charge in [0.25, 0.3) is 0 Å². The smallest absolute Gasteiger partial charge is 0.191 e. The number of fused-ring (bicyclic) bond motifs is 1. The minimum Gasteiger partial charge on any atom is -0.381 e. The van der Waals surface area contributed by atoms with Crippen molar-refractivity contribution in [3.63, 3.8) is 0 Å². The number of ether oxygens (including phenoxy) is 1. The van der Waals surface area contributed by atoms with Crippen molar-refractivity contribution < 1.29 is 4.74 Å². The number of nitrogens with one attached hydrogen (secondary N) is 2. The fraction of sp³-hybridized carbons (Fsp3) is 0.636. The van der Waals surface area contributed by atoms with Crippen LogP contribution < -0.4 is 10.6 Å². The number of para-hydroxylation sites is 2. The van der Waals surface area contributed by atoms with Gasteiger partial charge in [-0.2, -0.15) is 0 Å². The highest BCUT2D eigenvalue weighted by Crippen LogP contribution is 2.26. The van der Waals surface area contributed by atoms with Gasteiger partial charge >= 0.3 is 0 Å². The number of aryl methyl sites for hydroxylation is 2. The fourth-order valence-electron chi connectivity index (χ4n) is 3.99. The molecule has 0 atom stereocenters. The molecule has 1 aromatic carbocycles. The van der Waals surface area contributed by atoms with Crippen LogP contribution in [0.4, 0.5) is 0 Å². The van der Waals surface area contributed by atoms with Crippen LogP contribution in [0, 0.1) is 6.92 Å². The zero-order valence-electron chi connectivity index (χ0n) is 18.8. The number of nitrogens with zero attached hydrogens (tertiary/aromatic N) is 4. The molecule has 30 heavy (non-hydrogen) atoms. The van der Waals surface area contributed by atoms with Gasteiger partial charge in [-0.05, 0) is 59.3 Å². The van der Waals surface area contributed by atoms with E-state index in [-0.39, 0.29) is 29.5 Å². The molecular formula is C22H37IN6O. The van der Waals surface area contributed by atoms with Gasteiger partial charge in [0.1, 0.15) is 5.82 Å². The van der Waals surface area contributed by atoms with Crippen LogP contribution in [0.15, 0.2) is 29.3 Å². The Morgan fingerprint density at radius 1 is 1.23 bits per heavy atom. The molecule has 1 aliphatic heterocycles. The Labute approximate surface area is 197 Å². The fourth-order valence-corrected chi connectivity index (χ4v) is 3.99. The monoisotopic (exact) mass is 528 g/mol. The first kappa shape index (κ1) is 24.9. The molecule has 0 spiro atoms. The van der Waals surface area contributed by atoms with Gasteiger partial charge in [0.2, 0.25) is 0 Å². The average Bonchev–Trinajstić information content (AvgIpc) is 3.05. The SMILES string of the molecule is CCNC(=NCC1(N(C)C)CCOCC1)NCCCn1c(C)nc2ccccc21.I. The molecule has 1 fully saturated rings. The number of guanidine groups is 1. The van der Waals surface area contributed by atoms with Gasteiger partial charge in [-0.3, -0.25) is 4.99 Å². The lowest BCUT2D eigenvalue weighted by molar-refractivity contribution is -0.00254. The minimum atomic E-state index is 0. The Bertz CT molecular complexity index is 813. The molecule has 7 nitrogen and oxygen atoms in total. The molecule has 1 aromatic heterocycles. The summed E-state index contributed by atoms with van der Waals surface area (Å²) in [5.74, 6) is 1.96. The number of hydrogen-bond donors (Lipinski definition) is 2. The van der Waals surface area contributed by atoms with Crippen LogP contribution >= 0.6 is 24.0 Å². The summed E-state index contributed by atoms with van der Waals surface area (Å²) >= 11 is 0. The molecule has 1 aliphatic rings. The van der Waals surface area contributed by atoms with Crippen LogP contribution in [0.5, 0.6) is 0 Å². The number of benzene rings is 1. The van der Waals surface area contributed by atoms with Crippen molar-refractivity contribution in [2.24, 2.45) is 4.99 Å². The van der Waals surface area contributed by atoms with E-state index in [1.165, 1.54) is 5.52 Å². The van der Waals surface area contributed by atoms with Gasteiger partial charge in [-0.15, -0.1) is 24.0 Å². The molecule has 1 saturated heterocycles. The number of halogens is 1. The lowest BCUT2D eigenvalue weighted by atomic mass is 9.89. The zero-order valence-corrected chi connectivity index (χ0v) is 21.1. The van der Waals surface area contributed by atoms with E-state index in [1.54, 1.807) is 0 Å². The summed E-state index contributed by atoms with van der Waals surface area (Å²) in [6.07, 6.45) is 3.06. The quantitative estimate of drug-likeness (QED) is 0.239. The Kier molecular flexibility index (Phi) is 9.83. The van der Waals surface area contributed by atoms with E-state index >= 15 is 0 Å². The third-order valence-corrected chi connectivity index (χ3v) is 5.94. The van der Waals surface area contributed by atoms with Crippen molar-refractivity contribution in [2.75, 3.05) is 46.9 Å². The van der Waals surface area contributed by atoms with E-state index < -0.39 is 0 Å². The maximum Gasteiger partial charge on any atom is 0.191 e. The second-order valence-electron chi connectivity index (χ2n) is 8.01.